The highest BCUT2D eigenvalue weighted by Crippen LogP contribution is 2.25. The van der Waals surface area contributed by atoms with Gasteiger partial charge in [0, 0.05) is 34.0 Å². The maximum Gasteiger partial charge on any atom is 0.289 e. The number of nitrogens with one attached hydrogen (secondary N) is 2. The van der Waals surface area contributed by atoms with E-state index in [1.807, 2.05) is 16.8 Å². The fourth-order valence-electron chi connectivity index (χ4n) is 1.91. The average Bonchev–Trinajstić information content (AvgIpc) is 3.30. The number of thiazole rings is 1. The first kappa shape index (κ1) is 16.7. The van der Waals surface area contributed by atoms with Gasteiger partial charge < -0.3 is 0 Å². The molecule has 0 saturated carbocycles. The fourth-order valence-corrected chi connectivity index (χ4v) is 3.42. The Morgan fingerprint density at radius 3 is 2.64 bits per heavy atom. The van der Waals surface area contributed by atoms with Crippen molar-refractivity contribution in [3.05, 3.63) is 67.8 Å². The van der Waals surface area contributed by atoms with Crippen LogP contribution in [0.4, 0.5) is 5.69 Å². The van der Waals surface area contributed by atoms with Crippen molar-refractivity contribution in [2.24, 2.45) is 0 Å². The lowest BCUT2D eigenvalue weighted by atomic mass is 10.2. The zero-order chi connectivity index (χ0) is 17.8. The lowest BCUT2D eigenvalue weighted by Crippen LogP contribution is -2.41. The Bertz CT molecular complexity index is 937. The number of non-ortho nitro benzene ring substituents is 1. The van der Waals surface area contributed by atoms with Crippen LogP contribution in [-0.2, 0) is 0 Å². The molecule has 0 saturated heterocycles. The normalized spacial score (nSPS) is 10.2. The first-order valence-corrected chi connectivity index (χ1v) is 8.70. The second kappa shape index (κ2) is 7.20. The van der Waals surface area contributed by atoms with Gasteiger partial charge in [0.2, 0.25) is 0 Å². The number of hydrogen-bond donors (Lipinski definition) is 2. The molecule has 2 amide bonds. The predicted molar refractivity (Wildman–Crippen MR) is 93.5 cm³/mol. The number of nitrogens with zero attached hydrogens (tertiary/aromatic N) is 2. The van der Waals surface area contributed by atoms with Gasteiger partial charge in [0.15, 0.2) is 0 Å². The van der Waals surface area contributed by atoms with E-state index in [0.29, 0.717) is 5.01 Å². The molecule has 0 aliphatic rings. The third-order valence-electron chi connectivity index (χ3n) is 3.11. The zero-order valence-corrected chi connectivity index (χ0v) is 14.1. The quantitative estimate of drug-likeness (QED) is 0.538. The van der Waals surface area contributed by atoms with E-state index in [2.05, 4.69) is 15.8 Å². The number of carbonyl (C=O) groups is 2. The van der Waals surface area contributed by atoms with E-state index in [1.54, 1.807) is 5.38 Å². The summed E-state index contributed by atoms with van der Waals surface area (Å²) in [6.07, 6.45) is 0. The number of hydrazine groups is 1. The van der Waals surface area contributed by atoms with Crippen LogP contribution in [0, 0.1) is 10.1 Å². The summed E-state index contributed by atoms with van der Waals surface area (Å²) < 4.78 is 0. The Labute approximate surface area is 149 Å². The molecular weight excluding hydrogens is 364 g/mol. The van der Waals surface area contributed by atoms with E-state index in [9.17, 15) is 19.7 Å². The molecule has 0 radical (unpaired) electrons. The number of aromatic nitrogens is 1. The number of rotatable bonds is 4. The van der Waals surface area contributed by atoms with Crippen molar-refractivity contribution in [3.63, 3.8) is 0 Å². The molecule has 0 spiro atoms. The lowest BCUT2D eigenvalue weighted by molar-refractivity contribution is -0.384. The Hall–Kier alpha value is -3.11. The van der Waals surface area contributed by atoms with Crippen molar-refractivity contribution in [1.29, 1.82) is 0 Å². The maximum absolute atomic E-state index is 12.1. The Morgan fingerprint density at radius 2 is 1.92 bits per heavy atom. The molecule has 10 heteroatoms. The minimum Gasteiger partial charge on any atom is -0.267 e. The summed E-state index contributed by atoms with van der Waals surface area (Å²) in [6, 6.07) is 7.10. The predicted octanol–water partition coefficient (Wildman–Crippen LogP) is 2.85. The number of thiophene rings is 1. The molecular formula is C15H10N4O4S2. The van der Waals surface area contributed by atoms with Gasteiger partial charge in [-0.05, 0) is 17.5 Å². The molecule has 0 fully saturated rings. The van der Waals surface area contributed by atoms with Crippen molar-refractivity contribution in [1.82, 2.24) is 15.8 Å². The van der Waals surface area contributed by atoms with Gasteiger partial charge in [-0.1, -0.05) is 6.07 Å². The molecule has 3 aromatic rings. The van der Waals surface area contributed by atoms with Gasteiger partial charge in [-0.15, -0.1) is 11.3 Å². The molecule has 8 nitrogen and oxygen atoms in total. The first-order valence-electron chi connectivity index (χ1n) is 6.88. The van der Waals surface area contributed by atoms with Crippen molar-refractivity contribution in [2.45, 2.75) is 0 Å². The molecule has 0 unspecified atom stereocenters. The monoisotopic (exact) mass is 374 g/mol. The summed E-state index contributed by atoms with van der Waals surface area (Å²) in [5.74, 6) is -1.23. The van der Waals surface area contributed by atoms with Crippen LogP contribution in [0.25, 0.3) is 10.6 Å². The number of nitro groups is 1. The molecule has 2 heterocycles. The van der Waals surface area contributed by atoms with E-state index < -0.39 is 16.7 Å². The van der Waals surface area contributed by atoms with Gasteiger partial charge in [0.25, 0.3) is 17.5 Å². The molecule has 3 rings (SSSR count). The Balaban J connectivity index is 1.63. The Kier molecular flexibility index (Phi) is 4.82. The number of amides is 2. The number of carbonyl (C=O) groups excluding carboxylic acids is 2. The first-order chi connectivity index (χ1) is 12.0. The number of benzene rings is 1. The zero-order valence-electron chi connectivity index (χ0n) is 12.5. The second-order valence-corrected chi connectivity index (χ2v) is 6.40. The minimum absolute atomic E-state index is 0.0618. The summed E-state index contributed by atoms with van der Waals surface area (Å²) >= 11 is 2.85. The lowest BCUT2D eigenvalue weighted by Gasteiger charge is -2.05. The molecule has 0 aliphatic heterocycles. The highest BCUT2D eigenvalue weighted by Gasteiger charge is 2.15. The average molecular weight is 374 g/mol. The fraction of sp³-hybridized carbons (Fsp3) is 0. The highest BCUT2D eigenvalue weighted by molar-refractivity contribution is 7.14. The molecule has 2 aromatic heterocycles. The SMILES string of the molecule is O=C(NNC(=O)c1csc(-c2ccsc2)n1)c1cccc([N+](=O)[O-])c1. The molecule has 0 atom stereocenters. The van der Waals surface area contributed by atoms with E-state index in [0.717, 1.165) is 11.6 Å². The maximum atomic E-state index is 12.1. The van der Waals surface area contributed by atoms with Crippen molar-refractivity contribution < 1.29 is 14.5 Å². The summed E-state index contributed by atoms with van der Waals surface area (Å²) in [4.78, 5) is 38.4. The van der Waals surface area contributed by atoms with Gasteiger partial charge in [-0.3, -0.25) is 30.6 Å². The van der Waals surface area contributed by atoms with Gasteiger partial charge >= 0.3 is 0 Å². The Morgan fingerprint density at radius 1 is 1.12 bits per heavy atom. The van der Waals surface area contributed by atoms with Crippen molar-refractivity contribution in [3.8, 4) is 10.6 Å². The molecule has 1 aromatic carbocycles. The molecule has 0 bridgehead atoms. The molecule has 0 aliphatic carbocycles. The van der Waals surface area contributed by atoms with Crippen LogP contribution in [0.15, 0.2) is 46.5 Å². The summed E-state index contributed by atoms with van der Waals surface area (Å²) in [5.41, 5.74) is 5.41. The van der Waals surface area contributed by atoms with E-state index in [4.69, 9.17) is 0 Å². The summed E-state index contributed by atoms with van der Waals surface area (Å²) in [5, 5.41) is 16.8. The summed E-state index contributed by atoms with van der Waals surface area (Å²) in [7, 11) is 0. The standard InChI is InChI=1S/C15H10N4O4S2/c20-13(9-2-1-3-11(6-9)19(22)23)17-18-14(21)12-8-25-15(16-12)10-4-5-24-7-10/h1-8H,(H,17,20)(H,18,21). The highest BCUT2D eigenvalue weighted by atomic mass is 32.1. The van der Waals surface area contributed by atoms with Crippen LogP contribution in [0.1, 0.15) is 20.8 Å². The van der Waals surface area contributed by atoms with Gasteiger partial charge in [-0.2, -0.15) is 11.3 Å². The third kappa shape index (κ3) is 3.87. The van der Waals surface area contributed by atoms with Gasteiger partial charge in [0.05, 0.1) is 4.92 Å². The van der Waals surface area contributed by atoms with Crippen molar-refractivity contribution in [2.75, 3.05) is 0 Å². The van der Waals surface area contributed by atoms with Crippen LogP contribution >= 0.6 is 22.7 Å². The van der Waals surface area contributed by atoms with E-state index in [1.165, 1.54) is 40.9 Å². The largest absolute Gasteiger partial charge is 0.289 e. The van der Waals surface area contributed by atoms with Crippen LogP contribution in [0.5, 0.6) is 0 Å². The van der Waals surface area contributed by atoms with Crippen molar-refractivity contribution >= 4 is 40.2 Å². The minimum atomic E-state index is -0.662. The van der Waals surface area contributed by atoms with Crippen LogP contribution in [0.2, 0.25) is 0 Å². The van der Waals surface area contributed by atoms with Gasteiger partial charge in [-0.25, -0.2) is 4.98 Å². The number of nitro benzene ring substituents is 1. The molecule has 2 N–H and O–H groups in total. The van der Waals surface area contributed by atoms with Crippen LogP contribution < -0.4 is 10.9 Å². The smallest absolute Gasteiger partial charge is 0.267 e. The van der Waals surface area contributed by atoms with Gasteiger partial charge in [0.1, 0.15) is 10.7 Å². The van der Waals surface area contributed by atoms with E-state index in [-0.39, 0.29) is 16.9 Å². The van der Waals surface area contributed by atoms with Crippen LogP contribution in [0.3, 0.4) is 0 Å². The second-order valence-electron chi connectivity index (χ2n) is 4.77. The molecule has 126 valence electrons. The van der Waals surface area contributed by atoms with E-state index >= 15 is 0 Å². The molecule has 25 heavy (non-hydrogen) atoms. The third-order valence-corrected chi connectivity index (χ3v) is 4.69. The number of hydrogen-bond acceptors (Lipinski definition) is 7. The topological polar surface area (TPSA) is 114 Å². The summed E-state index contributed by atoms with van der Waals surface area (Å²) in [6.45, 7) is 0. The van der Waals surface area contributed by atoms with Crippen LogP contribution in [-0.4, -0.2) is 21.7 Å².